The van der Waals surface area contributed by atoms with E-state index in [1.165, 1.54) is 0 Å². The summed E-state index contributed by atoms with van der Waals surface area (Å²) in [5, 5.41) is 0. The third-order valence-corrected chi connectivity index (χ3v) is 7.10. The van der Waals surface area contributed by atoms with Gasteiger partial charge in [-0.15, -0.1) is 13.2 Å². The Bertz CT molecular complexity index is 149. The highest BCUT2D eigenvalue weighted by molar-refractivity contribution is 6.79. The zero-order valence-electron chi connectivity index (χ0n) is 7.46. The molecular formula is C7H16O2Si2. The topological polar surface area (TPSA) is 18.5 Å². The van der Waals surface area contributed by atoms with Crippen LogP contribution in [0, 0.1) is 0 Å². The van der Waals surface area contributed by atoms with E-state index in [1.54, 1.807) is 12.8 Å². The van der Waals surface area contributed by atoms with Crippen molar-refractivity contribution in [1.82, 2.24) is 0 Å². The van der Waals surface area contributed by atoms with Crippen molar-refractivity contribution in [1.29, 1.82) is 0 Å². The van der Waals surface area contributed by atoms with Crippen LogP contribution in [0.15, 0.2) is 24.6 Å². The molecule has 0 aromatic rings. The van der Waals surface area contributed by atoms with Crippen molar-refractivity contribution in [2.75, 3.05) is 7.11 Å². The van der Waals surface area contributed by atoms with Gasteiger partial charge in [0.25, 0.3) is 0 Å². The fraction of sp³-hybridized carbons (Fsp3) is 0.429. The molecule has 0 heterocycles. The quantitative estimate of drug-likeness (QED) is 0.609. The second kappa shape index (κ2) is 4.66. The Balaban J connectivity index is 4.06. The molecule has 2 atom stereocenters. The molecule has 2 unspecified atom stereocenters. The van der Waals surface area contributed by atoms with E-state index in [9.17, 15) is 0 Å². The van der Waals surface area contributed by atoms with Gasteiger partial charge in [0.05, 0.1) is 0 Å². The predicted octanol–water partition coefficient (Wildman–Crippen LogP) is 1.53. The molecule has 64 valence electrons. The normalized spacial score (nSPS) is 18.5. The Morgan fingerprint density at radius 1 is 1.45 bits per heavy atom. The molecule has 0 aromatic carbocycles. The van der Waals surface area contributed by atoms with Crippen LogP contribution in [-0.2, 0) is 8.54 Å². The van der Waals surface area contributed by atoms with Crippen LogP contribution >= 0.6 is 0 Å². The highest BCUT2D eigenvalue weighted by Gasteiger charge is 2.27. The molecular weight excluding hydrogens is 172 g/mol. The second-order valence-electron chi connectivity index (χ2n) is 2.48. The van der Waals surface area contributed by atoms with Gasteiger partial charge in [-0.2, -0.15) is 0 Å². The van der Waals surface area contributed by atoms with Crippen molar-refractivity contribution in [3.63, 3.8) is 0 Å². The van der Waals surface area contributed by atoms with Crippen molar-refractivity contribution in [2.24, 2.45) is 0 Å². The van der Waals surface area contributed by atoms with Gasteiger partial charge in [-0.25, -0.2) is 0 Å². The number of rotatable bonds is 5. The van der Waals surface area contributed by atoms with Crippen LogP contribution in [0.25, 0.3) is 0 Å². The molecule has 0 amide bonds. The molecule has 0 N–H and O–H groups in total. The zero-order chi connectivity index (χ0) is 8.91. The summed E-state index contributed by atoms with van der Waals surface area (Å²) in [4.78, 5) is 0. The Hall–Kier alpha value is -0.166. The Kier molecular flexibility index (Phi) is 4.59. The largest absolute Gasteiger partial charge is 0.432 e. The number of hydrogen-bond acceptors (Lipinski definition) is 2. The molecule has 0 fully saturated rings. The lowest BCUT2D eigenvalue weighted by molar-refractivity contribution is 0.324. The minimum atomic E-state index is -2.03. The van der Waals surface area contributed by atoms with Gasteiger partial charge < -0.3 is 8.54 Å². The highest BCUT2D eigenvalue weighted by atomic mass is 28.4. The van der Waals surface area contributed by atoms with Crippen LogP contribution in [0.2, 0.25) is 13.1 Å². The lowest BCUT2D eigenvalue weighted by Gasteiger charge is -2.23. The molecule has 0 aliphatic heterocycles. The molecule has 0 saturated carbocycles. The molecule has 0 bridgehead atoms. The maximum atomic E-state index is 5.70. The standard InChI is InChI=1S/C7H16O2Si2/c1-6-10(4)9-11(5,7-2)8-3/h6-7,10H,1-2H2,3-5H3. The molecule has 0 spiro atoms. The summed E-state index contributed by atoms with van der Waals surface area (Å²) in [7, 11) is -1.57. The van der Waals surface area contributed by atoms with Crippen molar-refractivity contribution < 1.29 is 8.54 Å². The molecule has 4 heteroatoms. The lowest BCUT2D eigenvalue weighted by Crippen LogP contribution is -2.39. The summed E-state index contributed by atoms with van der Waals surface area (Å²) in [5.74, 6) is 0. The van der Waals surface area contributed by atoms with E-state index >= 15 is 0 Å². The van der Waals surface area contributed by atoms with Gasteiger partial charge >= 0.3 is 8.56 Å². The summed E-state index contributed by atoms with van der Waals surface area (Å²) < 4.78 is 10.9. The average Bonchev–Trinajstić information content (AvgIpc) is 2.04. The lowest BCUT2D eigenvalue weighted by atomic mass is 11.3. The van der Waals surface area contributed by atoms with Gasteiger partial charge in [0.2, 0.25) is 0 Å². The van der Waals surface area contributed by atoms with Gasteiger partial charge in [0, 0.05) is 7.11 Å². The molecule has 0 saturated heterocycles. The van der Waals surface area contributed by atoms with Crippen LogP contribution in [0.3, 0.4) is 0 Å². The second-order valence-corrected chi connectivity index (χ2v) is 8.16. The van der Waals surface area contributed by atoms with Crippen molar-refractivity contribution in [3.05, 3.63) is 24.6 Å². The maximum Gasteiger partial charge on any atom is 0.350 e. The van der Waals surface area contributed by atoms with Crippen molar-refractivity contribution >= 4 is 17.6 Å². The summed E-state index contributed by atoms with van der Waals surface area (Å²) in [6.07, 6.45) is 0. The minimum Gasteiger partial charge on any atom is -0.432 e. The average molecular weight is 188 g/mol. The monoisotopic (exact) mass is 188 g/mol. The van der Waals surface area contributed by atoms with Crippen LogP contribution in [0.4, 0.5) is 0 Å². The SMILES string of the molecule is C=C[SiH](C)O[Si](C)(C=C)OC. The van der Waals surface area contributed by atoms with Gasteiger partial charge in [0.1, 0.15) is 0 Å². The van der Waals surface area contributed by atoms with E-state index in [0.717, 1.165) is 0 Å². The number of hydrogen-bond donors (Lipinski definition) is 0. The van der Waals surface area contributed by atoms with Crippen LogP contribution < -0.4 is 0 Å². The van der Waals surface area contributed by atoms with E-state index in [2.05, 4.69) is 19.7 Å². The summed E-state index contributed by atoms with van der Waals surface area (Å²) in [6.45, 7) is 11.4. The summed E-state index contributed by atoms with van der Waals surface area (Å²) >= 11 is 0. The fourth-order valence-electron chi connectivity index (χ4n) is 0.597. The molecule has 0 aromatic heterocycles. The van der Waals surface area contributed by atoms with Gasteiger partial charge in [-0.3, -0.25) is 0 Å². The Morgan fingerprint density at radius 3 is 2.27 bits per heavy atom. The maximum absolute atomic E-state index is 5.70. The molecule has 0 rings (SSSR count). The third kappa shape index (κ3) is 3.66. The first-order chi connectivity index (χ1) is 5.08. The van der Waals surface area contributed by atoms with E-state index in [4.69, 9.17) is 8.54 Å². The fourth-order valence-corrected chi connectivity index (χ4v) is 4.87. The first-order valence-electron chi connectivity index (χ1n) is 3.57. The first kappa shape index (κ1) is 10.8. The summed E-state index contributed by atoms with van der Waals surface area (Å²) in [6, 6.07) is 0. The van der Waals surface area contributed by atoms with Gasteiger partial charge in [-0.1, -0.05) is 11.4 Å². The van der Waals surface area contributed by atoms with Crippen molar-refractivity contribution in [3.8, 4) is 0 Å². The van der Waals surface area contributed by atoms with Crippen LogP contribution in [0.5, 0.6) is 0 Å². The highest BCUT2D eigenvalue weighted by Crippen LogP contribution is 2.08. The summed E-state index contributed by atoms with van der Waals surface area (Å²) in [5.41, 5.74) is 3.67. The smallest absolute Gasteiger partial charge is 0.350 e. The first-order valence-corrected chi connectivity index (χ1v) is 8.25. The predicted molar refractivity (Wildman–Crippen MR) is 53.1 cm³/mol. The molecule has 0 radical (unpaired) electrons. The molecule has 0 aliphatic carbocycles. The van der Waals surface area contributed by atoms with E-state index in [0.29, 0.717) is 0 Å². The van der Waals surface area contributed by atoms with Crippen molar-refractivity contribution in [2.45, 2.75) is 13.1 Å². The van der Waals surface area contributed by atoms with E-state index in [1.807, 2.05) is 12.2 Å². The Morgan fingerprint density at radius 2 is 2.00 bits per heavy atom. The minimum absolute atomic E-state index is 1.21. The van der Waals surface area contributed by atoms with E-state index < -0.39 is 17.6 Å². The Labute approximate surface area is 71.5 Å². The zero-order valence-corrected chi connectivity index (χ0v) is 9.62. The van der Waals surface area contributed by atoms with Crippen LogP contribution in [-0.4, -0.2) is 24.7 Å². The van der Waals surface area contributed by atoms with E-state index in [-0.39, 0.29) is 0 Å². The van der Waals surface area contributed by atoms with Gasteiger partial charge in [0.15, 0.2) is 9.04 Å². The molecule has 2 nitrogen and oxygen atoms in total. The molecule has 0 aliphatic rings. The van der Waals surface area contributed by atoms with Gasteiger partial charge in [-0.05, 0) is 13.1 Å². The third-order valence-electron chi connectivity index (χ3n) is 1.53. The molecule has 11 heavy (non-hydrogen) atoms. The van der Waals surface area contributed by atoms with Crippen LogP contribution in [0.1, 0.15) is 0 Å².